The van der Waals surface area contributed by atoms with E-state index in [1.54, 1.807) is 30.3 Å². The minimum absolute atomic E-state index is 0.0859. The lowest BCUT2D eigenvalue weighted by molar-refractivity contribution is 0.295. The van der Waals surface area contributed by atoms with Crippen molar-refractivity contribution in [2.45, 2.75) is 51.9 Å². The first kappa shape index (κ1) is 24.1. The third kappa shape index (κ3) is 5.22. The van der Waals surface area contributed by atoms with E-state index in [0.717, 1.165) is 31.2 Å². The molecular weight excluding hydrogens is 433 g/mol. The normalized spacial score (nSPS) is 18.4. The Bertz CT molecular complexity index is 1140. The van der Waals surface area contributed by atoms with E-state index in [-0.39, 0.29) is 17.1 Å². The second-order valence-electron chi connectivity index (χ2n) is 9.04. The van der Waals surface area contributed by atoms with Crippen LogP contribution in [0.15, 0.2) is 66.7 Å². The van der Waals surface area contributed by atoms with Gasteiger partial charge in [-0.15, -0.1) is 0 Å². The average molecular weight is 465 g/mol. The average Bonchev–Trinajstić information content (AvgIpc) is 2.86. The van der Waals surface area contributed by atoms with E-state index in [1.807, 2.05) is 19.1 Å². The Morgan fingerprint density at radius 2 is 1.47 bits per heavy atom. The highest BCUT2D eigenvalue weighted by atomic mass is 19.2. The van der Waals surface area contributed by atoms with Gasteiger partial charge >= 0.3 is 0 Å². The molecule has 0 atom stereocenters. The summed E-state index contributed by atoms with van der Waals surface area (Å²) >= 11 is 0. The van der Waals surface area contributed by atoms with E-state index in [2.05, 4.69) is 19.1 Å². The zero-order valence-electron chi connectivity index (χ0n) is 19.8. The van der Waals surface area contributed by atoms with Crippen LogP contribution in [0.5, 0.6) is 5.75 Å². The Morgan fingerprint density at radius 3 is 2.09 bits per heavy atom. The summed E-state index contributed by atoms with van der Waals surface area (Å²) < 4.78 is 49.3. The van der Waals surface area contributed by atoms with Crippen LogP contribution < -0.4 is 4.74 Å². The van der Waals surface area contributed by atoms with Gasteiger partial charge in [-0.25, -0.2) is 8.78 Å². The van der Waals surface area contributed by atoms with Gasteiger partial charge in [-0.1, -0.05) is 55.5 Å². The van der Waals surface area contributed by atoms with Gasteiger partial charge < -0.3 is 4.74 Å². The first-order valence-electron chi connectivity index (χ1n) is 12.2. The van der Waals surface area contributed by atoms with Gasteiger partial charge in [0, 0.05) is 11.1 Å². The van der Waals surface area contributed by atoms with Crippen molar-refractivity contribution in [3.8, 4) is 28.0 Å². The SMILES string of the molecule is C/C=C/C1CCC(c2ccc(-c3ccc(-c4ccc(OCCC)c(F)c4F)cc3)c(F)c2)CC1. The molecule has 34 heavy (non-hydrogen) atoms. The van der Waals surface area contributed by atoms with Gasteiger partial charge in [0.15, 0.2) is 11.6 Å². The van der Waals surface area contributed by atoms with Crippen molar-refractivity contribution in [1.82, 2.24) is 0 Å². The van der Waals surface area contributed by atoms with E-state index in [9.17, 15) is 8.78 Å². The molecule has 0 radical (unpaired) electrons. The molecule has 1 nitrogen and oxygen atoms in total. The van der Waals surface area contributed by atoms with E-state index >= 15 is 4.39 Å². The topological polar surface area (TPSA) is 9.23 Å². The summed E-state index contributed by atoms with van der Waals surface area (Å²) in [5, 5.41) is 0. The quantitative estimate of drug-likeness (QED) is 0.317. The van der Waals surface area contributed by atoms with Crippen LogP contribution in [-0.2, 0) is 0 Å². The summed E-state index contributed by atoms with van der Waals surface area (Å²) in [6.07, 6.45) is 9.54. The van der Waals surface area contributed by atoms with Crippen LogP contribution in [0.1, 0.15) is 57.4 Å². The second kappa shape index (κ2) is 10.9. The fraction of sp³-hybridized carbons (Fsp3) is 0.333. The maximum atomic E-state index is 15.0. The summed E-state index contributed by atoms with van der Waals surface area (Å²) in [5.74, 6) is -1.23. The Kier molecular flexibility index (Phi) is 7.77. The van der Waals surface area contributed by atoms with Crippen molar-refractivity contribution in [3.05, 3.63) is 89.8 Å². The molecule has 0 saturated heterocycles. The van der Waals surface area contributed by atoms with Gasteiger partial charge in [-0.2, -0.15) is 4.39 Å². The molecule has 0 aromatic heterocycles. The van der Waals surface area contributed by atoms with Crippen molar-refractivity contribution in [1.29, 1.82) is 0 Å². The molecule has 1 aliphatic carbocycles. The lowest BCUT2D eigenvalue weighted by Gasteiger charge is -2.27. The molecular formula is C30H31F3O. The number of allylic oxidation sites excluding steroid dienone is 2. The molecule has 0 spiro atoms. The largest absolute Gasteiger partial charge is 0.490 e. The molecule has 3 aromatic carbocycles. The Labute approximate surface area is 200 Å². The fourth-order valence-corrected chi connectivity index (χ4v) is 4.84. The van der Waals surface area contributed by atoms with Gasteiger partial charge in [-0.05, 0) is 85.8 Å². The van der Waals surface area contributed by atoms with Crippen molar-refractivity contribution in [2.24, 2.45) is 5.92 Å². The molecule has 1 saturated carbocycles. The monoisotopic (exact) mass is 464 g/mol. The molecule has 3 aromatic rings. The van der Waals surface area contributed by atoms with Crippen LogP contribution in [0.4, 0.5) is 13.2 Å². The number of benzene rings is 3. The second-order valence-corrected chi connectivity index (χ2v) is 9.04. The molecule has 0 N–H and O–H groups in total. The van der Waals surface area contributed by atoms with Gasteiger partial charge in [0.05, 0.1) is 6.61 Å². The van der Waals surface area contributed by atoms with E-state index in [1.165, 1.54) is 12.1 Å². The lowest BCUT2D eigenvalue weighted by Crippen LogP contribution is -2.12. The highest BCUT2D eigenvalue weighted by Crippen LogP contribution is 2.38. The zero-order valence-corrected chi connectivity index (χ0v) is 19.8. The molecule has 0 amide bonds. The molecule has 1 aliphatic rings. The summed E-state index contributed by atoms with van der Waals surface area (Å²) in [6.45, 7) is 4.28. The number of ether oxygens (including phenoxy) is 1. The third-order valence-corrected chi connectivity index (χ3v) is 6.72. The fourth-order valence-electron chi connectivity index (χ4n) is 4.84. The Balaban J connectivity index is 1.51. The minimum Gasteiger partial charge on any atom is -0.490 e. The lowest BCUT2D eigenvalue weighted by atomic mass is 9.78. The standard InChI is InChI=1S/C30H31F3O/c1-3-5-20-6-8-21(9-7-20)24-14-15-25(27(31)19-24)22-10-12-23(13-11-22)26-16-17-28(34-18-4-2)30(33)29(26)32/h3,5,10-17,19-21H,4,6-9,18H2,1-2H3/b5-3+. The Hall–Kier alpha value is -3.01. The number of halogens is 3. The predicted octanol–water partition coefficient (Wildman–Crippen LogP) is 9.08. The molecule has 0 aliphatic heterocycles. The third-order valence-electron chi connectivity index (χ3n) is 6.72. The van der Waals surface area contributed by atoms with Gasteiger partial charge in [-0.3, -0.25) is 0 Å². The van der Waals surface area contributed by atoms with Crippen molar-refractivity contribution >= 4 is 0 Å². The summed E-state index contributed by atoms with van der Waals surface area (Å²) in [7, 11) is 0. The highest BCUT2D eigenvalue weighted by molar-refractivity contribution is 5.71. The minimum atomic E-state index is -0.989. The van der Waals surface area contributed by atoms with Gasteiger partial charge in [0.25, 0.3) is 0 Å². The molecule has 0 unspecified atom stereocenters. The zero-order chi connectivity index (χ0) is 24.1. The van der Waals surface area contributed by atoms with E-state index in [0.29, 0.717) is 41.6 Å². The molecule has 0 heterocycles. The van der Waals surface area contributed by atoms with E-state index < -0.39 is 11.6 Å². The van der Waals surface area contributed by atoms with Crippen LogP contribution >= 0.6 is 0 Å². The maximum absolute atomic E-state index is 15.0. The first-order valence-corrected chi connectivity index (χ1v) is 12.2. The Morgan fingerprint density at radius 1 is 0.824 bits per heavy atom. The number of hydrogen-bond acceptors (Lipinski definition) is 1. The number of rotatable bonds is 7. The highest BCUT2D eigenvalue weighted by Gasteiger charge is 2.22. The predicted molar refractivity (Wildman–Crippen MR) is 132 cm³/mol. The van der Waals surface area contributed by atoms with Crippen LogP contribution in [-0.4, -0.2) is 6.61 Å². The molecule has 178 valence electrons. The van der Waals surface area contributed by atoms with Crippen LogP contribution in [0, 0.1) is 23.4 Å². The molecule has 1 fully saturated rings. The molecule has 4 heteroatoms. The van der Waals surface area contributed by atoms with Crippen molar-refractivity contribution in [2.75, 3.05) is 6.61 Å². The van der Waals surface area contributed by atoms with Gasteiger partial charge in [0.2, 0.25) is 5.82 Å². The maximum Gasteiger partial charge on any atom is 0.201 e. The van der Waals surface area contributed by atoms with Crippen molar-refractivity contribution < 1.29 is 17.9 Å². The van der Waals surface area contributed by atoms with Crippen LogP contribution in [0.25, 0.3) is 22.3 Å². The van der Waals surface area contributed by atoms with Gasteiger partial charge in [0.1, 0.15) is 5.82 Å². The summed E-state index contributed by atoms with van der Waals surface area (Å²) in [5.41, 5.74) is 2.94. The molecule has 4 rings (SSSR count). The van der Waals surface area contributed by atoms with Crippen molar-refractivity contribution in [3.63, 3.8) is 0 Å². The first-order chi connectivity index (χ1) is 16.5. The van der Waals surface area contributed by atoms with Crippen LogP contribution in [0.3, 0.4) is 0 Å². The van der Waals surface area contributed by atoms with Crippen LogP contribution in [0.2, 0.25) is 0 Å². The smallest absolute Gasteiger partial charge is 0.201 e. The number of hydrogen-bond donors (Lipinski definition) is 0. The summed E-state index contributed by atoms with van der Waals surface area (Å²) in [4.78, 5) is 0. The molecule has 0 bridgehead atoms. The van der Waals surface area contributed by atoms with E-state index in [4.69, 9.17) is 4.74 Å². The summed E-state index contributed by atoms with van der Waals surface area (Å²) in [6, 6.07) is 15.3.